The van der Waals surface area contributed by atoms with Crippen LogP contribution in [0.25, 0.3) is 71.7 Å². The summed E-state index contributed by atoms with van der Waals surface area (Å²) in [7, 11) is 0. The second kappa shape index (κ2) is 14.6. The number of nitrogens with zero attached hydrogens (tertiary/aromatic N) is 2. The van der Waals surface area contributed by atoms with Crippen LogP contribution in [0.2, 0.25) is 0 Å². The zero-order valence-corrected chi connectivity index (χ0v) is 31.4. The lowest BCUT2D eigenvalue weighted by atomic mass is 9.85. The summed E-state index contributed by atoms with van der Waals surface area (Å²) in [6, 6.07) is 76.8. The molecule has 9 aromatic rings. The summed E-state index contributed by atoms with van der Waals surface area (Å²) in [5, 5.41) is 15.0. The van der Waals surface area contributed by atoms with Gasteiger partial charge in [-0.15, -0.1) is 0 Å². The van der Waals surface area contributed by atoms with Gasteiger partial charge in [0, 0.05) is 22.6 Å². The highest BCUT2D eigenvalue weighted by atomic mass is 15.1. The SMILES string of the molecule is N#CC1CC=C(N(c2ccc(-c3ccccc3)cc2)c2ccc(-c3cc(-c4ccc5ccccc5c4)cc(-c4ccc5ccccc5c4)c3)cc2)c2ccccc21. The summed E-state index contributed by atoms with van der Waals surface area (Å²) in [6.07, 6.45) is 2.90. The van der Waals surface area contributed by atoms with Crippen molar-refractivity contribution in [1.82, 2.24) is 0 Å². The third-order valence-corrected chi connectivity index (χ3v) is 11.3. The standard InChI is InChI=1S/C55H38N2/c56-37-47-26-31-55(54-17-9-8-16-53(47)54)57(51-27-22-41(23-28-51)38-10-2-1-3-11-38)52-29-24-42(25-30-52)48-34-49(45-20-18-39-12-4-6-14-43(39)32-45)36-50(35-48)46-21-19-40-13-5-7-15-44(40)33-46/h1-25,27-36,47H,26H2. The van der Waals surface area contributed by atoms with Crippen molar-refractivity contribution in [3.05, 3.63) is 223 Å². The molecule has 0 amide bonds. The van der Waals surface area contributed by atoms with E-state index in [1.165, 1.54) is 54.9 Å². The van der Waals surface area contributed by atoms with Crippen LogP contribution in [0.15, 0.2) is 212 Å². The summed E-state index contributed by atoms with van der Waals surface area (Å²) >= 11 is 0. The summed E-state index contributed by atoms with van der Waals surface area (Å²) < 4.78 is 0. The van der Waals surface area contributed by atoms with Gasteiger partial charge in [-0.05, 0) is 133 Å². The zero-order valence-electron chi connectivity index (χ0n) is 31.4. The van der Waals surface area contributed by atoms with Gasteiger partial charge < -0.3 is 4.90 Å². The van der Waals surface area contributed by atoms with Gasteiger partial charge in [0.15, 0.2) is 0 Å². The van der Waals surface area contributed by atoms with Crippen molar-refractivity contribution in [3.63, 3.8) is 0 Å². The maximum absolute atomic E-state index is 10.1. The summed E-state index contributed by atoms with van der Waals surface area (Å²) in [5.74, 6) is -0.165. The van der Waals surface area contributed by atoms with Crippen molar-refractivity contribution in [2.45, 2.75) is 12.3 Å². The van der Waals surface area contributed by atoms with Gasteiger partial charge in [-0.2, -0.15) is 5.26 Å². The lowest BCUT2D eigenvalue weighted by molar-refractivity contribution is 0.856. The molecule has 0 fully saturated rings. The van der Waals surface area contributed by atoms with E-state index in [9.17, 15) is 5.26 Å². The predicted octanol–water partition coefficient (Wildman–Crippen LogP) is 14.9. The van der Waals surface area contributed by atoms with Crippen LogP contribution in [0.3, 0.4) is 0 Å². The quantitative estimate of drug-likeness (QED) is 0.163. The number of anilines is 2. The molecule has 2 heteroatoms. The monoisotopic (exact) mass is 726 g/mol. The van der Waals surface area contributed by atoms with Crippen LogP contribution < -0.4 is 4.90 Å². The Morgan fingerprint density at radius 1 is 0.386 bits per heavy atom. The molecule has 57 heavy (non-hydrogen) atoms. The molecule has 10 rings (SSSR count). The predicted molar refractivity (Wildman–Crippen MR) is 239 cm³/mol. The fraction of sp³-hybridized carbons (Fsp3) is 0.0364. The van der Waals surface area contributed by atoms with Gasteiger partial charge in [0.25, 0.3) is 0 Å². The Balaban J connectivity index is 1.09. The van der Waals surface area contributed by atoms with Crippen molar-refractivity contribution in [2.24, 2.45) is 0 Å². The first-order chi connectivity index (χ1) is 28.2. The highest BCUT2D eigenvalue weighted by Gasteiger charge is 2.26. The minimum absolute atomic E-state index is 0.165. The minimum atomic E-state index is -0.165. The Morgan fingerprint density at radius 3 is 1.39 bits per heavy atom. The number of rotatable bonds is 7. The van der Waals surface area contributed by atoms with Crippen LogP contribution in [-0.2, 0) is 0 Å². The Morgan fingerprint density at radius 2 is 0.825 bits per heavy atom. The van der Waals surface area contributed by atoms with Gasteiger partial charge in [0.1, 0.15) is 0 Å². The Kier molecular flexibility index (Phi) is 8.75. The van der Waals surface area contributed by atoms with Crippen LogP contribution in [0, 0.1) is 11.3 Å². The fourth-order valence-electron chi connectivity index (χ4n) is 8.36. The molecule has 0 saturated heterocycles. The maximum atomic E-state index is 10.1. The average Bonchev–Trinajstić information content (AvgIpc) is 3.29. The molecule has 0 radical (unpaired) electrons. The van der Waals surface area contributed by atoms with Gasteiger partial charge in [-0.3, -0.25) is 0 Å². The summed E-state index contributed by atoms with van der Waals surface area (Å²) in [6.45, 7) is 0. The van der Waals surface area contributed by atoms with Crippen LogP contribution in [-0.4, -0.2) is 0 Å². The normalized spacial score (nSPS) is 13.5. The van der Waals surface area contributed by atoms with Crippen LogP contribution in [0.4, 0.5) is 11.4 Å². The third-order valence-electron chi connectivity index (χ3n) is 11.3. The van der Waals surface area contributed by atoms with Gasteiger partial charge in [-0.25, -0.2) is 0 Å². The number of fused-ring (bicyclic) bond motifs is 3. The Bertz CT molecular complexity index is 2890. The minimum Gasteiger partial charge on any atom is -0.310 e. The van der Waals surface area contributed by atoms with E-state index in [2.05, 4.69) is 217 Å². The second-order valence-corrected chi connectivity index (χ2v) is 14.8. The fourth-order valence-corrected chi connectivity index (χ4v) is 8.36. The van der Waals surface area contributed by atoms with E-state index in [1.54, 1.807) is 0 Å². The summed E-state index contributed by atoms with van der Waals surface area (Å²) in [5.41, 5.74) is 14.8. The summed E-state index contributed by atoms with van der Waals surface area (Å²) in [4.78, 5) is 2.34. The lowest BCUT2D eigenvalue weighted by Crippen LogP contribution is -2.19. The molecular formula is C55H38N2. The van der Waals surface area contributed by atoms with Crippen LogP contribution in [0.5, 0.6) is 0 Å². The largest absolute Gasteiger partial charge is 0.310 e. The highest BCUT2D eigenvalue weighted by Crippen LogP contribution is 2.43. The van der Waals surface area contributed by atoms with Crippen LogP contribution >= 0.6 is 0 Å². The van der Waals surface area contributed by atoms with Crippen molar-refractivity contribution in [1.29, 1.82) is 5.26 Å². The van der Waals surface area contributed by atoms with E-state index in [-0.39, 0.29) is 5.92 Å². The van der Waals surface area contributed by atoms with Crippen molar-refractivity contribution in [3.8, 4) is 50.6 Å². The molecule has 1 unspecified atom stereocenters. The smallest absolute Gasteiger partial charge is 0.0754 e. The molecule has 0 bridgehead atoms. The van der Waals surface area contributed by atoms with E-state index in [1.807, 2.05) is 6.07 Å². The number of hydrogen-bond acceptors (Lipinski definition) is 2. The number of benzene rings is 9. The molecule has 1 aliphatic carbocycles. The number of allylic oxidation sites excluding steroid dienone is 1. The third kappa shape index (κ3) is 6.56. The van der Waals surface area contributed by atoms with Gasteiger partial charge in [0.05, 0.1) is 12.0 Å². The maximum Gasteiger partial charge on any atom is 0.0754 e. The topological polar surface area (TPSA) is 27.0 Å². The molecular weight excluding hydrogens is 689 g/mol. The second-order valence-electron chi connectivity index (χ2n) is 14.8. The molecule has 0 saturated carbocycles. The number of nitriles is 1. The van der Waals surface area contributed by atoms with E-state index in [4.69, 9.17) is 0 Å². The Labute approximate surface area is 333 Å². The molecule has 0 spiro atoms. The van der Waals surface area contributed by atoms with E-state index in [0.717, 1.165) is 39.3 Å². The number of hydrogen-bond donors (Lipinski definition) is 0. The first-order valence-corrected chi connectivity index (χ1v) is 19.6. The molecule has 1 atom stereocenters. The van der Waals surface area contributed by atoms with Gasteiger partial charge >= 0.3 is 0 Å². The molecule has 9 aromatic carbocycles. The molecule has 1 aliphatic rings. The van der Waals surface area contributed by atoms with E-state index < -0.39 is 0 Å². The molecule has 0 aliphatic heterocycles. The molecule has 268 valence electrons. The highest BCUT2D eigenvalue weighted by molar-refractivity contribution is 5.93. The zero-order chi connectivity index (χ0) is 38.1. The van der Waals surface area contributed by atoms with E-state index >= 15 is 0 Å². The van der Waals surface area contributed by atoms with Crippen LogP contribution in [0.1, 0.15) is 23.5 Å². The van der Waals surface area contributed by atoms with Gasteiger partial charge in [0.2, 0.25) is 0 Å². The lowest BCUT2D eigenvalue weighted by Gasteiger charge is -2.32. The average molecular weight is 727 g/mol. The Hall–Kier alpha value is -7.47. The van der Waals surface area contributed by atoms with Crippen molar-refractivity contribution in [2.75, 3.05) is 4.90 Å². The van der Waals surface area contributed by atoms with Crippen molar-refractivity contribution < 1.29 is 0 Å². The molecule has 0 aromatic heterocycles. The van der Waals surface area contributed by atoms with Crippen molar-refractivity contribution >= 4 is 38.6 Å². The first kappa shape index (κ1) is 34.1. The molecule has 0 N–H and O–H groups in total. The molecule has 2 nitrogen and oxygen atoms in total. The van der Waals surface area contributed by atoms with E-state index in [0.29, 0.717) is 6.42 Å². The first-order valence-electron chi connectivity index (χ1n) is 19.6. The van der Waals surface area contributed by atoms with Gasteiger partial charge in [-0.1, -0.05) is 158 Å². The molecule has 0 heterocycles.